The molecule has 1 aromatic carbocycles. The van der Waals surface area contributed by atoms with Crippen molar-refractivity contribution in [2.45, 2.75) is 18.2 Å². The Bertz CT molecular complexity index is 425. The van der Waals surface area contributed by atoms with E-state index in [1.807, 2.05) is 13.2 Å². The normalized spacial score (nSPS) is 14.0. The lowest BCUT2D eigenvalue weighted by atomic mass is 10.1. The lowest BCUT2D eigenvalue weighted by molar-refractivity contribution is 0.0936. The number of carbonyl (C=O) groups is 1. The van der Waals surface area contributed by atoms with Gasteiger partial charge in [-0.2, -0.15) is 11.8 Å². The Balaban J connectivity index is 2.79. The largest absolute Gasteiger partial charge is 0.399 e. The Morgan fingerprint density at radius 1 is 1.61 bits per heavy atom. The third kappa shape index (κ3) is 3.80. The quantitative estimate of drug-likeness (QED) is 0.722. The minimum absolute atomic E-state index is 0.00722. The van der Waals surface area contributed by atoms with Gasteiger partial charge in [0.1, 0.15) is 0 Å². The number of aliphatic hydroxyl groups excluding tert-OH is 1. The highest BCUT2D eigenvalue weighted by molar-refractivity contribution is 7.99. The van der Waals surface area contributed by atoms with Gasteiger partial charge in [-0.25, -0.2) is 0 Å². The third-order valence-electron chi connectivity index (χ3n) is 2.63. The number of rotatable bonds is 5. The number of amides is 1. The second kappa shape index (κ2) is 6.87. The Morgan fingerprint density at radius 3 is 2.83 bits per heavy atom. The van der Waals surface area contributed by atoms with Crippen LogP contribution in [0.3, 0.4) is 0 Å². The molecule has 100 valence electrons. The van der Waals surface area contributed by atoms with Crippen LogP contribution in [-0.2, 0) is 0 Å². The smallest absolute Gasteiger partial charge is 0.253 e. The molecule has 4 N–H and O–H groups in total. The van der Waals surface area contributed by atoms with Gasteiger partial charge in [0.05, 0.1) is 17.2 Å². The van der Waals surface area contributed by atoms with Crippen LogP contribution in [0.15, 0.2) is 18.2 Å². The van der Waals surface area contributed by atoms with Crippen LogP contribution in [0.5, 0.6) is 0 Å². The van der Waals surface area contributed by atoms with Crippen molar-refractivity contribution in [1.29, 1.82) is 0 Å². The van der Waals surface area contributed by atoms with Crippen LogP contribution in [0, 0.1) is 0 Å². The van der Waals surface area contributed by atoms with Crippen LogP contribution in [0.2, 0.25) is 5.02 Å². The minimum Gasteiger partial charge on any atom is -0.399 e. The zero-order valence-corrected chi connectivity index (χ0v) is 11.9. The molecule has 4 nitrogen and oxygen atoms in total. The van der Waals surface area contributed by atoms with Crippen LogP contribution < -0.4 is 11.1 Å². The van der Waals surface area contributed by atoms with E-state index in [2.05, 4.69) is 5.32 Å². The topological polar surface area (TPSA) is 75.3 Å². The van der Waals surface area contributed by atoms with Crippen molar-refractivity contribution in [3.63, 3.8) is 0 Å². The summed E-state index contributed by atoms with van der Waals surface area (Å²) >= 11 is 7.45. The number of nitrogens with two attached hydrogens (primary N) is 1. The number of carbonyl (C=O) groups excluding carboxylic acids is 1. The number of hydrogen-bond donors (Lipinski definition) is 3. The molecule has 1 rings (SSSR count). The maximum atomic E-state index is 12.0. The van der Waals surface area contributed by atoms with Gasteiger partial charge in [-0.05, 0) is 31.4 Å². The van der Waals surface area contributed by atoms with E-state index in [0.29, 0.717) is 16.3 Å². The van der Waals surface area contributed by atoms with Gasteiger partial charge in [-0.15, -0.1) is 0 Å². The van der Waals surface area contributed by atoms with Crippen LogP contribution in [0.1, 0.15) is 17.3 Å². The van der Waals surface area contributed by atoms with Gasteiger partial charge >= 0.3 is 0 Å². The number of halogens is 1. The van der Waals surface area contributed by atoms with E-state index in [1.165, 1.54) is 17.8 Å². The molecule has 0 aromatic heterocycles. The molecule has 6 heteroatoms. The molecule has 0 aliphatic heterocycles. The van der Waals surface area contributed by atoms with E-state index >= 15 is 0 Å². The van der Waals surface area contributed by atoms with E-state index in [9.17, 15) is 4.79 Å². The van der Waals surface area contributed by atoms with Gasteiger partial charge < -0.3 is 16.2 Å². The standard InChI is InChI=1S/C12H17ClN2O2S/c1-7(11(6-16)18-2)15-12(17)9-5-8(14)3-4-10(9)13/h3-5,7,11,16H,6,14H2,1-2H3,(H,15,17). The molecule has 0 aliphatic rings. The summed E-state index contributed by atoms with van der Waals surface area (Å²) in [6, 6.07) is 4.61. The first-order valence-electron chi connectivity index (χ1n) is 5.49. The highest BCUT2D eigenvalue weighted by Gasteiger charge is 2.19. The highest BCUT2D eigenvalue weighted by Crippen LogP contribution is 2.19. The van der Waals surface area contributed by atoms with Crippen LogP contribution >= 0.6 is 23.4 Å². The Kier molecular flexibility index (Phi) is 5.78. The third-order valence-corrected chi connectivity index (χ3v) is 4.13. The first-order valence-corrected chi connectivity index (χ1v) is 7.15. The molecule has 0 aliphatic carbocycles. The average Bonchev–Trinajstić information content (AvgIpc) is 2.33. The number of aliphatic hydroxyl groups is 1. The zero-order valence-electron chi connectivity index (χ0n) is 10.3. The van der Waals surface area contributed by atoms with Crippen molar-refractivity contribution in [3.8, 4) is 0 Å². The molecule has 2 unspecified atom stereocenters. The molecule has 18 heavy (non-hydrogen) atoms. The van der Waals surface area contributed by atoms with Gasteiger partial charge in [0.25, 0.3) is 5.91 Å². The van der Waals surface area contributed by atoms with E-state index in [1.54, 1.807) is 12.1 Å². The summed E-state index contributed by atoms with van der Waals surface area (Å²) in [5.74, 6) is -0.285. The van der Waals surface area contributed by atoms with Crippen LogP contribution in [0.4, 0.5) is 5.69 Å². The summed E-state index contributed by atoms with van der Waals surface area (Å²) in [6.07, 6.45) is 1.89. The molecular weight excluding hydrogens is 272 g/mol. The Labute approximate surface area is 116 Å². The van der Waals surface area contributed by atoms with Gasteiger partial charge in [0.2, 0.25) is 0 Å². The number of anilines is 1. The predicted octanol–water partition coefficient (Wildman–Crippen LogP) is 1.76. The zero-order chi connectivity index (χ0) is 13.7. The van der Waals surface area contributed by atoms with Crippen molar-refractivity contribution in [2.24, 2.45) is 0 Å². The second-order valence-electron chi connectivity index (χ2n) is 3.96. The molecule has 0 radical (unpaired) electrons. The fourth-order valence-electron chi connectivity index (χ4n) is 1.53. The van der Waals surface area contributed by atoms with Crippen molar-refractivity contribution in [1.82, 2.24) is 5.32 Å². The van der Waals surface area contributed by atoms with Crippen molar-refractivity contribution >= 4 is 35.0 Å². The summed E-state index contributed by atoms with van der Waals surface area (Å²) in [5.41, 5.74) is 6.46. The maximum absolute atomic E-state index is 12.0. The predicted molar refractivity (Wildman–Crippen MR) is 77.2 cm³/mol. The summed E-state index contributed by atoms with van der Waals surface area (Å²) < 4.78 is 0. The van der Waals surface area contributed by atoms with Gasteiger partial charge in [0.15, 0.2) is 0 Å². The monoisotopic (exact) mass is 288 g/mol. The van der Waals surface area contributed by atoms with Crippen molar-refractivity contribution < 1.29 is 9.90 Å². The molecule has 1 aromatic rings. The number of hydrogen-bond acceptors (Lipinski definition) is 4. The second-order valence-corrected chi connectivity index (χ2v) is 5.44. The summed E-state index contributed by atoms with van der Waals surface area (Å²) in [6.45, 7) is 1.85. The molecule has 0 bridgehead atoms. The SMILES string of the molecule is CSC(CO)C(C)NC(=O)c1cc(N)ccc1Cl. The van der Waals surface area contributed by atoms with E-state index in [-0.39, 0.29) is 23.8 Å². The molecule has 0 saturated heterocycles. The first-order chi connectivity index (χ1) is 8.49. The number of nitrogens with one attached hydrogen (secondary N) is 1. The fraction of sp³-hybridized carbons (Fsp3) is 0.417. The molecule has 0 heterocycles. The van der Waals surface area contributed by atoms with Crippen molar-refractivity contribution in [3.05, 3.63) is 28.8 Å². The molecule has 0 fully saturated rings. The number of nitrogen functional groups attached to an aromatic ring is 1. The van der Waals surface area contributed by atoms with E-state index < -0.39 is 0 Å². The minimum atomic E-state index is -0.285. The van der Waals surface area contributed by atoms with Crippen LogP contribution in [0.25, 0.3) is 0 Å². The summed E-state index contributed by atoms with van der Waals surface area (Å²) in [4.78, 5) is 12.0. The Hall–Kier alpha value is -0.910. The lowest BCUT2D eigenvalue weighted by Crippen LogP contribution is -2.41. The molecule has 2 atom stereocenters. The highest BCUT2D eigenvalue weighted by atomic mass is 35.5. The van der Waals surface area contributed by atoms with E-state index in [0.717, 1.165) is 0 Å². The average molecular weight is 289 g/mol. The van der Waals surface area contributed by atoms with E-state index in [4.69, 9.17) is 22.4 Å². The molecule has 0 saturated carbocycles. The molecule has 0 spiro atoms. The maximum Gasteiger partial charge on any atom is 0.253 e. The number of benzene rings is 1. The van der Waals surface area contributed by atoms with Crippen molar-refractivity contribution in [2.75, 3.05) is 18.6 Å². The Morgan fingerprint density at radius 2 is 2.28 bits per heavy atom. The number of thioether (sulfide) groups is 1. The fourth-order valence-corrected chi connectivity index (χ4v) is 2.36. The summed E-state index contributed by atoms with van der Waals surface area (Å²) in [5, 5.41) is 12.3. The van der Waals surface area contributed by atoms with Gasteiger partial charge in [-0.3, -0.25) is 4.79 Å². The lowest BCUT2D eigenvalue weighted by Gasteiger charge is -2.21. The van der Waals surface area contributed by atoms with Crippen LogP contribution in [-0.4, -0.2) is 35.2 Å². The van der Waals surface area contributed by atoms with Gasteiger partial charge in [0, 0.05) is 17.0 Å². The van der Waals surface area contributed by atoms with Gasteiger partial charge in [-0.1, -0.05) is 11.6 Å². The first kappa shape index (κ1) is 15.1. The summed E-state index contributed by atoms with van der Waals surface area (Å²) in [7, 11) is 0. The molecule has 1 amide bonds. The molecular formula is C12H17ClN2O2S.